The van der Waals surface area contributed by atoms with Gasteiger partial charge in [-0.3, -0.25) is 0 Å². The minimum absolute atomic E-state index is 0.0801. The summed E-state index contributed by atoms with van der Waals surface area (Å²) in [5.41, 5.74) is 0.916. The summed E-state index contributed by atoms with van der Waals surface area (Å²) in [6, 6.07) is 9.30. The number of rotatable bonds is 6. The number of hydrogen-bond acceptors (Lipinski definition) is 6. The van der Waals surface area contributed by atoms with Crippen molar-refractivity contribution in [3.05, 3.63) is 59.9 Å². The van der Waals surface area contributed by atoms with Crippen molar-refractivity contribution < 1.29 is 19.0 Å². The van der Waals surface area contributed by atoms with Crippen molar-refractivity contribution in [3.8, 4) is 11.5 Å². The van der Waals surface area contributed by atoms with Crippen LogP contribution in [0.4, 0.5) is 0 Å². The van der Waals surface area contributed by atoms with Crippen LogP contribution in [-0.2, 0) is 11.5 Å². The van der Waals surface area contributed by atoms with Gasteiger partial charge in [-0.25, -0.2) is 0 Å². The van der Waals surface area contributed by atoms with Crippen LogP contribution >= 0.6 is 23.5 Å². The highest BCUT2D eigenvalue weighted by Gasteiger charge is 2.17. The molecule has 0 fully saturated rings. The van der Waals surface area contributed by atoms with Crippen LogP contribution in [0.3, 0.4) is 0 Å². The second-order valence-corrected chi connectivity index (χ2v) is 6.96. The Kier molecular flexibility index (Phi) is 4.93. The normalized spacial score (nSPS) is 11.0. The Balaban J connectivity index is 1.75. The number of furan rings is 2. The molecule has 4 nitrogen and oxygen atoms in total. The van der Waals surface area contributed by atoms with Crippen LogP contribution in [0.2, 0.25) is 0 Å². The highest BCUT2D eigenvalue weighted by molar-refractivity contribution is 7.99. The second kappa shape index (κ2) is 7.10. The molecule has 0 saturated carbocycles. The smallest absolute Gasteiger partial charge is 0.172 e. The quantitative estimate of drug-likeness (QED) is 0.473. The molecule has 23 heavy (non-hydrogen) atoms. The van der Waals surface area contributed by atoms with E-state index in [0.717, 1.165) is 17.1 Å². The molecule has 0 saturated heterocycles. The maximum Gasteiger partial charge on any atom is 0.172 e. The van der Waals surface area contributed by atoms with Gasteiger partial charge in [-0.2, -0.15) is 0 Å². The minimum Gasteiger partial charge on any atom is -0.503 e. The summed E-state index contributed by atoms with van der Waals surface area (Å²) >= 11 is 2.86. The first-order valence-corrected chi connectivity index (χ1v) is 8.98. The summed E-state index contributed by atoms with van der Waals surface area (Å²) in [5, 5.41) is 20.6. The molecule has 3 rings (SSSR count). The van der Waals surface area contributed by atoms with Gasteiger partial charge < -0.3 is 19.0 Å². The molecule has 3 aromatic rings. The third-order valence-electron chi connectivity index (χ3n) is 3.27. The molecule has 0 bridgehead atoms. The predicted octanol–water partition coefficient (Wildman–Crippen LogP) is 5.18. The lowest BCUT2D eigenvalue weighted by Gasteiger charge is -2.12. The number of thioether (sulfide) groups is 2. The number of phenolic OH excluding ortho intramolecular Hbond substituents is 2. The van der Waals surface area contributed by atoms with E-state index in [9.17, 15) is 10.2 Å². The molecule has 0 aliphatic carbocycles. The first kappa shape index (κ1) is 16.0. The SMILES string of the molecule is Cc1cc(SCc2ccco2)c(O)c(O)c1SCc1ccco1. The number of aromatic hydroxyl groups is 2. The van der Waals surface area contributed by atoms with Gasteiger partial charge in [-0.1, -0.05) is 0 Å². The monoisotopic (exact) mass is 348 g/mol. The van der Waals surface area contributed by atoms with Crippen LogP contribution < -0.4 is 0 Å². The molecule has 0 amide bonds. The Morgan fingerprint density at radius 3 is 2.09 bits per heavy atom. The topological polar surface area (TPSA) is 66.7 Å². The molecular weight excluding hydrogens is 332 g/mol. The maximum absolute atomic E-state index is 10.3. The largest absolute Gasteiger partial charge is 0.503 e. The summed E-state index contributed by atoms with van der Waals surface area (Å²) in [7, 11) is 0. The van der Waals surface area contributed by atoms with Crippen LogP contribution in [0.1, 0.15) is 17.1 Å². The standard InChI is InChI=1S/C17H16O4S2/c1-11-8-14(22-9-12-4-2-6-20-12)15(18)16(19)17(11)23-10-13-5-3-7-21-13/h2-8,18-19H,9-10H2,1H3. The van der Waals surface area contributed by atoms with Gasteiger partial charge in [0.15, 0.2) is 11.5 Å². The molecule has 120 valence electrons. The van der Waals surface area contributed by atoms with Gasteiger partial charge in [-0.15, -0.1) is 23.5 Å². The van der Waals surface area contributed by atoms with Gasteiger partial charge >= 0.3 is 0 Å². The zero-order chi connectivity index (χ0) is 16.2. The number of hydrogen-bond donors (Lipinski definition) is 2. The number of phenols is 2. The summed E-state index contributed by atoms with van der Waals surface area (Å²) in [4.78, 5) is 1.31. The fourth-order valence-electron chi connectivity index (χ4n) is 2.12. The third kappa shape index (κ3) is 3.71. The summed E-state index contributed by atoms with van der Waals surface area (Å²) in [6.45, 7) is 1.92. The highest BCUT2D eigenvalue weighted by atomic mass is 32.2. The molecular formula is C17H16O4S2. The molecule has 2 heterocycles. The van der Waals surface area contributed by atoms with E-state index < -0.39 is 0 Å². The Hall–Kier alpha value is -1.92. The molecule has 2 aromatic heterocycles. The molecule has 0 atom stereocenters. The molecule has 0 aliphatic rings. The van der Waals surface area contributed by atoms with Crippen LogP contribution in [0, 0.1) is 6.92 Å². The van der Waals surface area contributed by atoms with Crippen molar-refractivity contribution in [2.24, 2.45) is 0 Å². The predicted molar refractivity (Wildman–Crippen MR) is 91.0 cm³/mol. The van der Waals surface area contributed by atoms with Gasteiger partial charge in [0, 0.05) is 0 Å². The van der Waals surface area contributed by atoms with E-state index in [1.165, 1.54) is 23.5 Å². The van der Waals surface area contributed by atoms with Crippen molar-refractivity contribution in [1.29, 1.82) is 0 Å². The van der Waals surface area contributed by atoms with E-state index in [2.05, 4.69) is 0 Å². The van der Waals surface area contributed by atoms with E-state index in [4.69, 9.17) is 8.83 Å². The Bertz CT molecular complexity index is 764. The van der Waals surface area contributed by atoms with Crippen molar-refractivity contribution in [1.82, 2.24) is 0 Å². The first-order chi connectivity index (χ1) is 11.1. The Morgan fingerprint density at radius 1 is 0.913 bits per heavy atom. The van der Waals surface area contributed by atoms with Gasteiger partial charge in [-0.05, 0) is 42.8 Å². The summed E-state index contributed by atoms with van der Waals surface area (Å²) < 4.78 is 10.6. The molecule has 2 N–H and O–H groups in total. The van der Waals surface area contributed by atoms with Crippen molar-refractivity contribution in [2.45, 2.75) is 28.2 Å². The van der Waals surface area contributed by atoms with E-state index >= 15 is 0 Å². The average Bonchev–Trinajstić information content (AvgIpc) is 3.22. The molecule has 0 unspecified atom stereocenters. The van der Waals surface area contributed by atoms with Gasteiger partial charge in [0.05, 0.1) is 33.8 Å². The van der Waals surface area contributed by atoms with Gasteiger partial charge in [0.25, 0.3) is 0 Å². The van der Waals surface area contributed by atoms with Crippen molar-refractivity contribution in [2.75, 3.05) is 0 Å². The summed E-state index contributed by atoms with van der Waals surface area (Å²) in [5.74, 6) is 2.67. The fraction of sp³-hybridized carbons (Fsp3) is 0.176. The molecule has 1 aromatic carbocycles. The maximum atomic E-state index is 10.3. The molecule has 0 radical (unpaired) electrons. The number of benzene rings is 1. The fourth-order valence-corrected chi connectivity index (χ4v) is 4.04. The van der Waals surface area contributed by atoms with Crippen LogP contribution in [0.25, 0.3) is 0 Å². The van der Waals surface area contributed by atoms with E-state index in [-0.39, 0.29) is 11.5 Å². The molecule has 0 aliphatic heterocycles. The summed E-state index contributed by atoms with van der Waals surface area (Å²) in [6.07, 6.45) is 3.24. The second-order valence-electron chi connectivity index (χ2n) is 4.95. The lowest BCUT2D eigenvalue weighted by molar-refractivity contribution is 0.385. The van der Waals surface area contributed by atoms with E-state index in [1.807, 2.05) is 37.3 Å². The first-order valence-electron chi connectivity index (χ1n) is 7.01. The number of aryl methyl sites for hydroxylation is 1. The zero-order valence-electron chi connectivity index (χ0n) is 12.5. The van der Waals surface area contributed by atoms with E-state index in [1.54, 1.807) is 12.5 Å². The van der Waals surface area contributed by atoms with Crippen molar-refractivity contribution >= 4 is 23.5 Å². The zero-order valence-corrected chi connectivity index (χ0v) is 14.1. The molecule has 6 heteroatoms. The van der Waals surface area contributed by atoms with Crippen LogP contribution in [-0.4, -0.2) is 10.2 Å². The lowest BCUT2D eigenvalue weighted by Crippen LogP contribution is -1.87. The minimum atomic E-state index is -0.0888. The third-order valence-corrected chi connectivity index (χ3v) is 5.55. The van der Waals surface area contributed by atoms with Gasteiger partial charge in [0.1, 0.15) is 11.5 Å². The van der Waals surface area contributed by atoms with Gasteiger partial charge in [0.2, 0.25) is 0 Å². The highest BCUT2D eigenvalue weighted by Crippen LogP contribution is 2.46. The van der Waals surface area contributed by atoms with E-state index in [0.29, 0.717) is 21.3 Å². The average molecular weight is 348 g/mol. The van der Waals surface area contributed by atoms with Crippen molar-refractivity contribution in [3.63, 3.8) is 0 Å². The van der Waals surface area contributed by atoms with Crippen LogP contribution in [0.15, 0.2) is 61.5 Å². The Morgan fingerprint density at radius 2 is 1.52 bits per heavy atom. The lowest BCUT2D eigenvalue weighted by atomic mass is 10.2. The molecule has 0 spiro atoms. The van der Waals surface area contributed by atoms with Crippen LogP contribution in [0.5, 0.6) is 11.5 Å². The Labute approximate surface area is 142 Å².